The predicted molar refractivity (Wildman–Crippen MR) is 113 cm³/mol. The van der Waals surface area contributed by atoms with Crippen molar-refractivity contribution < 1.29 is 9.59 Å². The molecule has 4 heteroatoms. The second-order valence-electron chi connectivity index (χ2n) is 7.22. The fourth-order valence-corrected chi connectivity index (χ4v) is 4.00. The fourth-order valence-electron chi connectivity index (χ4n) is 4.00. The van der Waals surface area contributed by atoms with Crippen LogP contribution in [0.1, 0.15) is 52.5 Å². The van der Waals surface area contributed by atoms with E-state index < -0.39 is 6.04 Å². The minimum absolute atomic E-state index is 0.116. The van der Waals surface area contributed by atoms with Crippen LogP contribution in [0, 0.1) is 0 Å². The molecule has 3 aromatic carbocycles. The van der Waals surface area contributed by atoms with Crippen molar-refractivity contribution in [3.63, 3.8) is 0 Å². The summed E-state index contributed by atoms with van der Waals surface area (Å²) in [5.41, 5.74) is 3.32. The molecular formula is C25H24N2O2. The molecule has 0 aliphatic carbocycles. The second kappa shape index (κ2) is 8.31. The van der Waals surface area contributed by atoms with Crippen molar-refractivity contribution in [2.75, 3.05) is 6.54 Å². The Bertz CT molecular complexity index is 962. The molecule has 4 rings (SSSR count). The number of carbonyl (C=O) groups is 2. The molecule has 1 N–H and O–H groups in total. The van der Waals surface area contributed by atoms with Gasteiger partial charge < -0.3 is 10.2 Å². The van der Waals surface area contributed by atoms with Crippen LogP contribution in [0.25, 0.3) is 0 Å². The van der Waals surface area contributed by atoms with Crippen molar-refractivity contribution >= 4 is 11.8 Å². The lowest BCUT2D eigenvalue weighted by Crippen LogP contribution is -2.41. The molecule has 0 spiro atoms. The molecule has 29 heavy (non-hydrogen) atoms. The molecule has 1 aliphatic heterocycles. The Hall–Kier alpha value is -3.40. The number of nitrogens with one attached hydrogen (secondary N) is 1. The summed E-state index contributed by atoms with van der Waals surface area (Å²) in [5, 5.41) is 2.99. The molecule has 0 aromatic heterocycles. The van der Waals surface area contributed by atoms with Crippen molar-refractivity contribution in [1.82, 2.24) is 10.2 Å². The zero-order valence-corrected chi connectivity index (χ0v) is 16.4. The van der Waals surface area contributed by atoms with Gasteiger partial charge in [0.05, 0.1) is 6.04 Å². The Labute approximate surface area is 171 Å². The lowest BCUT2D eigenvalue weighted by molar-refractivity contribution is -0.126. The van der Waals surface area contributed by atoms with Gasteiger partial charge in [-0.25, -0.2) is 0 Å². The third kappa shape index (κ3) is 3.54. The molecular weight excluding hydrogens is 360 g/mol. The first kappa shape index (κ1) is 18.9. The number of hydrogen-bond donors (Lipinski definition) is 1. The molecule has 0 radical (unpaired) electrons. The first-order chi connectivity index (χ1) is 14.2. The van der Waals surface area contributed by atoms with Gasteiger partial charge in [0, 0.05) is 12.1 Å². The van der Waals surface area contributed by atoms with E-state index in [0.717, 1.165) is 23.1 Å². The minimum Gasteiger partial charge on any atom is -0.354 e. The van der Waals surface area contributed by atoms with Crippen LogP contribution in [0.3, 0.4) is 0 Å². The van der Waals surface area contributed by atoms with E-state index in [0.29, 0.717) is 12.1 Å². The number of benzene rings is 3. The number of hydrogen-bond acceptors (Lipinski definition) is 2. The highest BCUT2D eigenvalue weighted by molar-refractivity contribution is 6.05. The molecule has 2 amide bonds. The third-order valence-electron chi connectivity index (χ3n) is 5.30. The zero-order chi connectivity index (χ0) is 20.2. The molecule has 1 heterocycles. The van der Waals surface area contributed by atoms with E-state index in [9.17, 15) is 9.59 Å². The molecule has 4 nitrogen and oxygen atoms in total. The summed E-state index contributed by atoms with van der Waals surface area (Å²) in [5.74, 6) is -0.253. The molecule has 0 bridgehead atoms. The summed E-state index contributed by atoms with van der Waals surface area (Å²) < 4.78 is 0. The summed E-state index contributed by atoms with van der Waals surface area (Å²) in [6, 6.07) is 26.2. The van der Waals surface area contributed by atoms with Gasteiger partial charge in [-0.1, -0.05) is 85.8 Å². The average Bonchev–Trinajstić information content (AvgIpc) is 3.06. The lowest BCUT2D eigenvalue weighted by atomic mass is 9.95. The van der Waals surface area contributed by atoms with Crippen LogP contribution < -0.4 is 5.32 Å². The largest absolute Gasteiger partial charge is 0.354 e. The van der Waals surface area contributed by atoms with Gasteiger partial charge in [-0.15, -0.1) is 0 Å². The summed E-state index contributed by atoms with van der Waals surface area (Å²) in [6.45, 7) is 2.60. The molecule has 1 aliphatic rings. The Balaban J connectivity index is 1.86. The number of nitrogens with zero attached hydrogens (tertiary/aromatic N) is 1. The molecule has 0 saturated heterocycles. The topological polar surface area (TPSA) is 49.4 Å². The first-order valence-corrected chi connectivity index (χ1v) is 10.0. The van der Waals surface area contributed by atoms with E-state index in [1.165, 1.54) is 0 Å². The Kier molecular flexibility index (Phi) is 5.43. The van der Waals surface area contributed by atoms with E-state index in [1.54, 1.807) is 4.90 Å². The second-order valence-corrected chi connectivity index (χ2v) is 7.22. The van der Waals surface area contributed by atoms with Crippen LogP contribution in [0.5, 0.6) is 0 Å². The fraction of sp³-hybridized carbons (Fsp3) is 0.200. The van der Waals surface area contributed by atoms with Gasteiger partial charge in [-0.3, -0.25) is 9.59 Å². The van der Waals surface area contributed by atoms with E-state index in [2.05, 4.69) is 5.32 Å². The standard InChI is InChI=1S/C25H24N2O2/c1-2-17-26-24(28)23-20-15-9-10-16-21(20)25(29)27(23)22(18-11-5-3-6-12-18)19-13-7-4-8-14-19/h3-16,22-23H,2,17H2,1H3,(H,26,28). The van der Waals surface area contributed by atoms with Crippen molar-refractivity contribution in [2.45, 2.75) is 25.4 Å². The van der Waals surface area contributed by atoms with E-state index >= 15 is 0 Å². The molecule has 3 aromatic rings. The maximum Gasteiger partial charge on any atom is 0.255 e. The SMILES string of the molecule is CCCNC(=O)C1c2ccccc2C(=O)N1C(c1ccccc1)c1ccccc1. The predicted octanol–water partition coefficient (Wildman–Crippen LogP) is 4.50. The maximum absolute atomic E-state index is 13.5. The summed E-state index contributed by atoms with van der Waals surface area (Å²) in [6.07, 6.45) is 0.842. The van der Waals surface area contributed by atoms with Crippen LogP contribution in [-0.2, 0) is 4.79 Å². The van der Waals surface area contributed by atoms with E-state index in [-0.39, 0.29) is 17.9 Å². The Morgan fingerprint density at radius 3 is 2.03 bits per heavy atom. The van der Waals surface area contributed by atoms with Crippen LogP contribution in [-0.4, -0.2) is 23.3 Å². The van der Waals surface area contributed by atoms with Gasteiger partial charge in [-0.2, -0.15) is 0 Å². The quantitative estimate of drug-likeness (QED) is 0.680. The molecule has 146 valence electrons. The van der Waals surface area contributed by atoms with Gasteiger partial charge >= 0.3 is 0 Å². The maximum atomic E-state index is 13.5. The highest BCUT2D eigenvalue weighted by Crippen LogP contribution is 2.42. The molecule has 1 atom stereocenters. The average molecular weight is 384 g/mol. The van der Waals surface area contributed by atoms with Crippen LogP contribution in [0.4, 0.5) is 0 Å². The Morgan fingerprint density at radius 1 is 0.897 bits per heavy atom. The molecule has 0 saturated carbocycles. The van der Waals surface area contributed by atoms with Crippen molar-refractivity contribution in [1.29, 1.82) is 0 Å². The number of rotatable bonds is 6. The van der Waals surface area contributed by atoms with Crippen molar-refractivity contribution in [3.8, 4) is 0 Å². The highest BCUT2D eigenvalue weighted by atomic mass is 16.2. The minimum atomic E-state index is -0.657. The first-order valence-electron chi connectivity index (χ1n) is 10.0. The van der Waals surface area contributed by atoms with E-state index in [4.69, 9.17) is 0 Å². The lowest BCUT2D eigenvalue weighted by Gasteiger charge is -2.33. The van der Waals surface area contributed by atoms with Crippen molar-refractivity contribution in [3.05, 3.63) is 107 Å². The van der Waals surface area contributed by atoms with Crippen LogP contribution in [0.2, 0.25) is 0 Å². The van der Waals surface area contributed by atoms with Gasteiger partial charge in [0.2, 0.25) is 5.91 Å². The number of carbonyl (C=O) groups excluding carboxylic acids is 2. The number of amides is 2. The van der Waals surface area contributed by atoms with Crippen LogP contribution in [0.15, 0.2) is 84.9 Å². The normalized spacial score (nSPS) is 15.4. The van der Waals surface area contributed by atoms with Gasteiger partial charge in [0.15, 0.2) is 0 Å². The van der Waals surface area contributed by atoms with Gasteiger partial charge in [0.25, 0.3) is 5.91 Å². The van der Waals surface area contributed by atoms with Gasteiger partial charge in [-0.05, 0) is 29.2 Å². The highest BCUT2D eigenvalue weighted by Gasteiger charge is 2.45. The monoisotopic (exact) mass is 384 g/mol. The smallest absolute Gasteiger partial charge is 0.255 e. The van der Waals surface area contributed by atoms with Gasteiger partial charge in [0.1, 0.15) is 6.04 Å². The number of fused-ring (bicyclic) bond motifs is 1. The molecule has 1 unspecified atom stereocenters. The van der Waals surface area contributed by atoms with Crippen molar-refractivity contribution in [2.24, 2.45) is 0 Å². The van der Waals surface area contributed by atoms with E-state index in [1.807, 2.05) is 91.9 Å². The molecule has 0 fully saturated rings. The van der Waals surface area contributed by atoms with Crippen LogP contribution >= 0.6 is 0 Å². The third-order valence-corrected chi connectivity index (χ3v) is 5.30. The summed E-state index contributed by atoms with van der Waals surface area (Å²) in [7, 11) is 0. The summed E-state index contributed by atoms with van der Waals surface area (Å²) in [4.78, 5) is 28.4. The Morgan fingerprint density at radius 2 is 1.45 bits per heavy atom. The zero-order valence-electron chi connectivity index (χ0n) is 16.4. The summed E-state index contributed by atoms with van der Waals surface area (Å²) >= 11 is 0.